The van der Waals surface area contributed by atoms with E-state index < -0.39 is 0 Å². The Morgan fingerprint density at radius 3 is 1.70 bits per heavy atom. The second-order valence-electron chi connectivity index (χ2n) is 17.5. The molecule has 0 saturated heterocycles. The fourth-order valence-electron chi connectivity index (χ4n) is 10.8. The topological polar surface area (TPSA) is 8.17 Å². The fraction of sp³-hybridized carbons (Fsp3) is 0.0968. The highest BCUT2D eigenvalue weighted by Gasteiger charge is 2.25. The molecule has 0 bridgehead atoms. The third-order valence-corrected chi connectivity index (χ3v) is 13.8. The Balaban J connectivity index is 1.09. The van der Waals surface area contributed by atoms with E-state index in [2.05, 4.69) is 234 Å². The molecule has 2 heteroatoms. The molecule has 306 valence electrons. The van der Waals surface area contributed by atoms with Gasteiger partial charge in [0.2, 0.25) is 0 Å². The first-order valence-electron chi connectivity index (χ1n) is 23.0. The van der Waals surface area contributed by atoms with Crippen LogP contribution in [-0.2, 0) is 0 Å². The molecule has 1 heterocycles. The molecule has 11 aromatic rings. The number of aromatic nitrogens is 1. The number of fused-ring (bicyclic) bond motifs is 5. The molecule has 64 heavy (non-hydrogen) atoms. The lowest BCUT2D eigenvalue weighted by atomic mass is 9.80. The number of para-hydroxylation sites is 4. The van der Waals surface area contributed by atoms with Gasteiger partial charge in [0.15, 0.2) is 0 Å². The number of anilines is 3. The largest absolute Gasteiger partial charge is 0.309 e. The molecule has 1 fully saturated rings. The maximum Gasteiger partial charge on any atom is 0.0547 e. The average molecular weight is 821 g/mol. The predicted molar refractivity (Wildman–Crippen MR) is 273 cm³/mol. The summed E-state index contributed by atoms with van der Waals surface area (Å²) in [6, 6.07) is 83.1. The molecule has 1 aliphatic carbocycles. The second kappa shape index (κ2) is 16.2. The van der Waals surface area contributed by atoms with Gasteiger partial charge in [-0.2, -0.15) is 0 Å². The van der Waals surface area contributed by atoms with Crippen LogP contribution in [0, 0.1) is 0 Å². The van der Waals surface area contributed by atoms with Gasteiger partial charge in [-0.05, 0) is 123 Å². The summed E-state index contributed by atoms with van der Waals surface area (Å²) in [6.07, 6.45) is 6.45. The van der Waals surface area contributed by atoms with Crippen LogP contribution in [0.1, 0.15) is 43.6 Å². The molecule has 1 aliphatic rings. The van der Waals surface area contributed by atoms with Crippen molar-refractivity contribution in [2.24, 2.45) is 0 Å². The highest BCUT2D eigenvalue weighted by molar-refractivity contribution is 6.17. The number of hydrogen-bond donors (Lipinski definition) is 0. The first-order chi connectivity index (χ1) is 31.8. The van der Waals surface area contributed by atoms with E-state index in [1.807, 2.05) is 0 Å². The summed E-state index contributed by atoms with van der Waals surface area (Å²) in [5, 5.41) is 7.69. The number of hydrogen-bond acceptors (Lipinski definition) is 1. The summed E-state index contributed by atoms with van der Waals surface area (Å²) in [6.45, 7) is 0. The Kier molecular flexibility index (Phi) is 9.64. The molecule has 0 aliphatic heterocycles. The summed E-state index contributed by atoms with van der Waals surface area (Å²) in [5.41, 5.74) is 15.7. The van der Waals surface area contributed by atoms with Gasteiger partial charge in [0.1, 0.15) is 0 Å². The molecular formula is C62H48N2. The van der Waals surface area contributed by atoms with Crippen molar-refractivity contribution in [2.45, 2.75) is 38.0 Å². The molecule has 10 aromatic carbocycles. The van der Waals surface area contributed by atoms with Crippen LogP contribution >= 0.6 is 0 Å². The lowest BCUT2D eigenvalue weighted by Crippen LogP contribution is -2.12. The van der Waals surface area contributed by atoms with E-state index in [1.54, 1.807) is 0 Å². The molecule has 12 rings (SSSR count). The van der Waals surface area contributed by atoms with Crippen LogP contribution in [0.25, 0.3) is 82.4 Å². The van der Waals surface area contributed by atoms with Crippen LogP contribution in [0.3, 0.4) is 0 Å². The minimum Gasteiger partial charge on any atom is -0.309 e. The molecule has 0 amide bonds. The molecule has 2 nitrogen and oxygen atoms in total. The minimum atomic E-state index is 0.573. The van der Waals surface area contributed by atoms with Gasteiger partial charge < -0.3 is 9.47 Å². The standard InChI is InChI=1S/C62H48N2/c1-3-19-45(20-4-1)51-29-15-22-46-23-16-30-54(61(46)51)52-26-9-12-32-57(52)63(50-40-38-44(39-41-50)48-37-36-43-18-7-8-21-47(43)42-48)58-33-13-10-27-53(58)55-31-17-35-60-62(55)56-28-11-14-34-59(56)64(60)49-24-5-2-6-25-49/h2,5-18,21-42,45H,1,3-4,19-20H2. The Morgan fingerprint density at radius 2 is 0.938 bits per heavy atom. The predicted octanol–water partition coefficient (Wildman–Crippen LogP) is 17.6. The Bertz CT molecular complexity index is 3470. The highest BCUT2D eigenvalue weighted by atomic mass is 15.1. The number of nitrogens with zero attached hydrogens (tertiary/aromatic N) is 2. The average Bonchev–Trinajstić information content (AvgIpc) is 3.72. The maximum absolute atomic E-state index is 2.52. The zero-order valence-electron chi connectivity index (χ0n) is 35.9. The third-order valence-electron chi connectivity index (χ3n) is 13.8. The van der Waals surface area contributed by atoms with E-state index in [0.29, 0.717) is 5.92 Å². The van der Waals surface area contributed by atoms with Crippen molar-refractivity contribution in [1.29, 1.82) is 0 Å². The van der Waals surface area contributed by atoms with Gasteiger partial charge in [0, 0.05) is 33.3 Å². The summed E-state index contributed by atoms with van der Waals surface area (Å²) in [5.74, 6) is 0.573. The lowest BCUT2D eigenvalue weighted by molar-refractivity contribution is 0.445. The molecule has 1 aromatic heterocycles. The quantitative estimate of drug-likeness (QED) is 0.148. The lowest BCUT2D eigenvalue weighted by Gasteiger charge is -2.31. The van der Waals surface area contributed by atoms with Crippen LogP contribution in [0.4, 0.5) is 17.1 Å². The van der Waals surface area contributed by atoms with Gasteiger partial charge in [-0.15, -0.1) is 0 Å². The fourth-order valence-corrected chi connectivity index (χ4v) is 10.8. The monoisotopic (exact) mass is 820 g/mol. The first kappa shape index (κ1) is 38.0. The van der Waals surface area contributed by atoms with E-state index in [9.17, 15) is 0 Å². The molecule has 0 atom stereocenters. The van der Waals surface area contributed by atoms with Crippen LogP contribution in [0.5, 0.6) is 0 Å². The van der Waals surface area contributed by atoms with Gasteiger partial charge >= 0.3 is 0 Å². The van der Waals surface area contributed by atoms with E-state index in [0.717, 1.165) is 22.7 Å². The van der Waals surface area contributed by atoms with Crippen molar-refractivity contribution in [2.75, 3.05) is 4.90 Å². The second-order valence-corrected chi connectivity index (χ2v) is 17.5. The van der Waals surface area contributed by atoms with E-state index in [1.165, 1.54) is 114 Å². The molecular weight excluding hydrogens is 773 g/mol. The van der Waals surface area contributed by atoms with Gasteiger partial charge in [0.25, 0.3) is 0 Å². The molecule has 0 N–H and O–H groups in total. The summed E-state index contributed by atoms with van der Waals surface area (Å²) in [7, 11) is 0. The van der Waals surface area contributed by atoms with Crippen LogP contribution in [0.15, 0.2) is 224 Å². The van der Waals surface area contributed by atoms with Crippen molar-refractivity contribution < 1.29 is 0 Å². The molecule has 1 saturated carbocycles. The van der Waals surface area contributed by atoms with E-state index in [4.69, 9.17) is 0 Å². The van der Waals surface area contributed by atoms with Gasteiger partial charge in [-0.25, -0.2) is 0 Å². The SMILES string of the molecule is c1ccc(-n2c3ccccc3c3c(-c4ccccc4N(c4ccc(-c5ccc6ccccc6c5)cc4)c4ccccc4-c4cccc5cccc(C6CCCCC6)c45)cccc32)cc1. The maximum atomic E-state index is 2.52. The molecule has 0 radical (unpaired) electrons. The van der Waals surface area contributed by atoms with Crippen LogP contribution in [-0.4, -0.2) is 4.57 Å². The third kappa shape index (κ3) is 6.57. The first-order valence-corrected chi connectivity index (χ1v) is 23.0. The zero-order valence-corrected chi connectivity index (χ0v) is 35.9. The van der Waals surface area contributed by atoms with Crippen molar-refractivity contribution in [3.05, 3.63) is 230 Å². The minimum absolute atomic E-state index is 0.573. The van der Waals surface area contributed by atoms with Gasteiger partial charge in [-0.1, -0.05) is 189 Å². The Labute approximate surface area is 375 Å². The normalized spacial score (nSPS) is 13.2. The van der Waals surface area contributed by atoms with Crippen molar-refractivity contribution >= 4 is 60.4 Å². The van der Waals surface area contributed by atoms with Gasteiger partial charge in [0.05, 0.1) is 22.4 Å². The van der Waals surface area contributed by atoms with E-state index in [-0.39, 0.29) is 0 Å². The molecule has 0 unspecified atom stereocenters. The van der Waals surface area contributed by atoms with Crippen molar-refractivity contribution in [1.82, 2.24) is 4.57 Å². The van der Waals surface area contributed by atoms with E-state index >= 15 is 0 Å². The summed E-state index contributed by atoms with van der Waals surface area (Å²) >= 11 is 0. The zero-order chi connectivity index (χ0) is 42.4. The Morgan fingerprint density at radius 1 is 0.375 bits per heavy atom. The molecule has 0 spiro atoms. The van der Waals surface area contributed by atoms with Gasteiger partial charge in [-0.3, -0.25) is 0 Å². The van der Waals surface area contributed by atoms with Crippen molar-refractivity contribution in [3.8, 4) is 39.1 Å². The number of rotatable bonds is 8. The number of benzene rings is 10. The Hall–Kier alpha value is -7.68. The van der Waals surface area contributed by atoms with Crippen LogP contribution < -0.4 is 4.90 Å². The smallest absolute Gasteiger partial charge is 0.0547 e. The van der Waals surface area contributed by atoms with Crippen LogP contribution in [0.2, 0.25) is 0 Å². The summed E-state index contributed by atoms with van der Waals surface area (Å²) in [4.78, 5) is 2.52. The van der Waals surface area contributed by atoms with Crippen molar-refractivity contribution in [3.63, 3.8) is 0 Å². The summed E-state index contributed by atoms with van der Waals surface area (Å²) < 4.78 is 2.42. The highest BCUT2D eigenvalue weighted by Crippen LogP contribution is 2.49.